The molecule has 0 radical (unpaired) electrons. The van der Waals surface area contributed by atoms with Crippen LogP contribution in [0.4, 0.5) is 0 Å². The lowest BCUT2D eigenvalue weighted by Crippen LogP contribution is -2.39. The summed E-state index contributed by atoms with van der Waals surface area (Å²) < 4.78 is 0. The Morgan fingerprint density at radius 1 is 1.24 bits per heavy atom. The molecule has 0 aromatic carbocycles. The van der Waals surface area contributed by atoms with E-state index in [4.69, 9.17) is 5.11 Å². The molecule has 1 saturated carbocycles. The van der Waals surface area contributed by atoms with Crippen LogP contribution >= 0.6 is 0 Å². The number of likely N-dealkylation sites (tertiary alicyclic amines) is 1. The van der Waals surface area contributed by atoms with E-state index in [-0.39, 0.29) is 0 Å². The highest BCUT2D eigenvalue weighted by molar-refractivity contribution is 5.67. The van der Waals surface area contributed by atoms with Crippen LogP contribution < -0.4 is 0 Å². The van der Waals surface area contributed by atoms with Crippen molar-refractivity contribution < 1.29 is 9.90 Å². The van der Waals surface area contributed by atoms with E-state index in [9.17, 15) is 4.79 Å². The van der Waals surface area contributed by atoms with Gasteiger partial charge in [0.1, 0.15) is 0 Å². The molecule has 1 aliphatic carbocycles. The van der Waals surface area contributed by atoms with Crippen molar-refractivity contribution in [3.8, 4) is 0 Å². The molecular weight excluding hydrogens is 214 g/mol. The van der Waals surface area contributed by atoms with Crippen LogP contribution in [-0.4, -0.2) is 35.1 Å². The number of hydrogen-bond donors (Lipinski definition) is 1. The Bertz CT molecular complexity index is 279. The highest BCUT2D eigenvalue weighted by atomic mass is 16.4. The fraction of sp³-hybridized carbons (Fsp3) is 0.929. The predicted octanol–water partition coefficient (Wildman–Crippen LogP) is 2.61. The van der Waals surface area contributed by atoms with Crippen LogP contribution in [0.3, 0.4) is 0 Å². The van der Waals surface area contributed by atoms with Crippen LogP contribution in [0.15, 0.2) is 0 Å². The lowest BCUT2D eigenvalue weighted by Gasteiger charge is -2.37. The molecule has 2 rings (SSSR count). The van der Waals surface area contributed by atoms with E-state index < -0.39 is 5.97 Å². The molecule has 1 N–H and O–H groups in total. The van der Waals surface area contributed by atoms with Crippen molar-refractivity contribution in [3.05, 3.63) is 0 Å². The van der Waals surface area contributed by atoms with E-state index in [1.54, 1.807) is 0 Å². The maximum absolute atomic E-state index is 10.7. The van der Waals surface area contributed by atoms with Gasteiger partial charge in [-0.1, -0.05) is 13.8 Å². The fourth-order valence-corrected chi connectivity index (χ4v) is 3.46. The van der Waals surface area contributed by atoms with Gasteiger partial charge in [-0.05, 0) is 50.0 Å². The van der Waals surface area contributed by atoms with Gasteiger partial charge in [-0.3, -0.25) is 4.79 Å². The molecule has 1 heterocycles. The molecule has 4 unspecified atom stereocenters. The Morgan fingerprint density at radius 2 is 2.00 bits per heavy atom. The highest BCUT2D eigenvalue weighted by Crippen LogP contribution is 2.34. The molecule has 2 aliphatic rings. The van der Waals surface area contributed by atoms with Crippen LogP contribution in [0.1, 0.15) is 46.0 Å². The maximum Gasteiger partial charge on any atom is 0.303 e. The third kappa shape index (κ3) is 3.21. The minimum Gasteiger partial charge on any atom is -0.481 e. The fourth-order valence-electron chi connectivity index (χ4n) is 3.46. The summed E-state index contributed by atoms with van der Waals surface area (Å²) in [6, 6.07) is 0.722. The van der Waals surface area contributed by atoms with Gasteiger partial charge in [-0.2, -0.15) is 0 Å². The molecule has 0 aromatic rings. The van der Waals surface area contributed by atoms with Crippen LogP contribution in [-0.2, 0) is 4.79 Å². The second kappa shape index (κ2) is 5.38. The smallest absolute Gasteiger partial charge is 0.303 e. The van der Waals surface area contributed by atoms with Gasteiger partial charge in [0.2, 0.25) is 0 Å². The topological polar surface area (TPSA) is 40.5 Å². The van der Waals surface area contributed by atoms with Crippen molar-refractivity contribution in [1.29, 1.82) is 0 Å². The lowest BCUT2D eigenvalue weighted by atomic mass is 9.78. The molecule has 1 saturated heterocycles. The number of hydrogen-bond acceptors (Lipinski definition) is 2. The molecular formula is C14H25NO2. The first-order valence-corrected chi connectivity index (χ1v) is 7.02. The van der Waals surface area contributed by atoms with E-state index in [0.717, 1.165) is 37.4 Å². The minimum atomic E-state index is -0.637. The normalized spacial score (nSPS) is 39.4. The van der Waals surface area contributed by atoms with Crippen molar-refractivity contribution in [2.75, 3.05) is 13.1 Å². The van der Waals surface area contributed by atoms with Gasteiger partial charge in [-0.25, -0.2) is 0 Å². The Morgan fingerprint density at radius 3 is 2.65 bits per heavy atom. The summed E-state index contributed by atoms with van der Waals surface area (Å²) in [6.07, 6.45) is 5.39. The number of rotatable bonds is 3. The third-order valence-corrected chi connectivity index (χ3v) is 4.87. The largest absolute Gasteiger partial charge is 0.481 e. The van der Waals surface area contributed by atoms with Gasteiger partial charge >= 0.3 is 5.97 Å². The number of carboxylic acids is 1. The molecule has 17 heavy (non-hydrogen) atoms. The maximum atomic E-state index is 10.7. The van der Waals surface area contributed by atoms with E-state index in [0.29, 0.717) is 12.3 Å². The quantitative estimate of drug-likeness (QED) is 0.823. The van der Waals surface area contributed by atoms with E-state index >= 15 is 0 Å². The second-order valence-electron chi connectivity index (χ2n) is 6.17. The predicted molar refractivity (Wildman–Crippen MR) is 67.9 cm³/mol. The molecule has 0 spiro atoms. The second-order valence-corrected chi connectivity index (χ2v) is 6.17. The Kier molecular flexibility index (Phi) is 4.08. The average molecular weight is 239 g/mol. The van der Waals surface area contributed by atoms with Crippen molar-refractivity contribution in [1.82, 2.24) is 4.90 Å². The SMILES string of the molecule is CC1CCC(N2CCC(CC(=O)O)C2)CC1C. The zero-order valence-electron chi connectivity index (χ0n) is 11.1. The molecule has 3 nitrogen and oxygen atoms in total. The molecule has 98 valence electrons. The zero-order chi connectivity index (χ0) is 12.4. The van der Waals surface area contributed by atoms with Crippen LogP contribution in [0.2, 0.25) is 0 Å². The number of carbonyl (C=O) groups is 1. The molecule has 0 bridgehead atoms. The number of aliphatic carboxylic acids is 1. The van der Waals surface area contributed by atoms with Crippen molar-refractivity contribution in [2.45, 2.75) is 52.0 Å². The average Bonchev–Trinajstić information content (AvgIpc) is 2.69. The molecule has 3 heteroatoms. The molecule has 4 atom stereocenters. The summed E-state index contributed by atoms with van der Waals surface area (Å²) in [4.78, 5) is 13.3. The van der Waals surface area contributed by atoms with Gasteiger partial charge < -0.3 is 10.0 Å². The van der Waals surface area contributed by atoms with E-state index in [1.807, 2.05) is 0 Å². The van der Waals surface area contributed by atoms with Gasteiger partial charge in [0, 0.05) is 19.0 Å². The summed E-state index contributed by atoms with van der Waals surface area (Å²) in [5, 5.41) is 8.83. The van der Waals surface area contributed by atoms with Crippen molar-refractivity contribution in [2.24, 2.45) is 17.8 Å². The van der Waals surface area contributed by atoms with E-state index in [2.05, 4.69) is 18.7 Å². The summed E-state index contributed by atoms with van der Waals surface area (Å²) in [7, 11) is 0. The minimum absolute atomic E-state index is 0.356. The first-order chi connectivity index (χ1) is 8.06. The lowest BCUT2D eigenvalue weighted by molar-refractivity contribution is -0.138. The first-order valence-electron chi connectivity index (χ1n) is 7.02. The Labute approximate surface area is 104 Å². The third-order valence-electron chi connectivity index (χ3n) is 4.87. The molecule has 1 aliphatic heterocycles. The summed E-state index contributed by atoms with van der Waals surface area (Å²) >= 11 is 0. The number of carboxylic acid groups (broad SMARTS) is 1. The molecule has 2 fully saturated rings. The van der Waals surface area contributed by atoms with Crippen molar-refractivity contribution in [3.63, 3.8) is 0 Å². The molecule has 0 aromatic heterocycles. The zero-order valence-corrected chi connectivity index (χ0v) is 11.1. The van der Waals surface area contributed by atoms with Gasteiger partial charge in [-0.15, -0.1) is 0 Å². The number of nitrogens with zero attached hydrogens (tertiary/aromatic N) is 1. The summed E-state index contributed by atoms with van der Waals surface area (Å²) in [5.74, 6) is 1.44. The van der Waals surface area contributed by atoms with Crippen LogP contribution in [0.25, 0.3) is 0 Å². The van der Waals surface area contributed by atoms with Gasteiger partial charge in [0.25, 0.3) is 0 Å². The summed E-state index contributed by atoms with van der Waals surface area (Å²) in [5.41, 5.74) is 0. The molecule has 0 amide bonds. The van der Waals surface area contributed by atoms with Crippen LogP contribution in [0.5, 0.6) is 0 Å². The van der Waals surface area contributed by atoms with Gasteiger partial charge in [0.05, 0.1) is 0 Å². The first kappa shape index (κ1) is 12.9. The Hall–Kier alpha value is -0.570. The monoisotopic (exact) mass is 239 g/mol. The Balaban J connectivity index is 1.82. The standard InChI is InChI=1S/C14H25NO2/c1-10-3-4-13(7-11(10)2)15-6-5-12(9-15)8-14(16)17/h10-13H,3-9H2,1-2H3,(H,16,17). The van der Waals surface area contributed by atoms with Gasteiger partial charge in [0.15, 0.2) is 0 Å². The van der Waals surface area contributed by atoms with E-state index in [1.165, 1.54) is 19.3 Å². The van der Waals surface area contributed by atoms with Crippen LogP contribution in [0, 0.1) is 17.8 Å². The highest BCUT2D eigenvalue weighted by Gasteiger charge is 2.33. The van der Waals surface area contributed by atoms with Crippen molar-refractivity contribution >= 4 is 5.97 Å². The summed E-state index contributed by atoms with van der Waals surface area (Å²) in [6.45, 7) is 6.85.